The Bertz CT molecular complexity index is 477. The van der Waals surface area contributed by atoms with Crippen molar-refractivity contribution in [3.63, 3.8) is 0 Å². The van der Waals surface area contributed by atoms with Gasteiger partial charge in [0.25, 0.3) is 6.29 Å². The molecule has 0 heterocycles. The highest BCUT2D eigenvalue weighted by atomic mass is 16.7. The minimum Gasteiger partial charge on any atom is -0.478 e. The van der Waals surface area contributed by atoms with Crippen molar-refractivity contribution in [3.8, 4) is 0 Å². The van der Waals surface area contributed by atoms with Crippen molar-refractivity contribution in [1.29, 1.82) is 0 Å². The summed E-state index contributed by atoms with van der Waals surface area (Å²) in [6.45, 7) is -0.0858. The van der Waals surface area contributed by atoms with Crippen LogP contribution in [0, 0.1) is 0 Å². The Balaban J connectivity index is 1.85. The maximum atomic E-state index is 11.4. The van der Waals surface area contributed by atoms with E-state index in [0.717, 1.165) is 62.2 Å². The van der Waals surface area contributed by atoms with Gasteiger partial charge in [-0.25, -0.2) is 9.59 Å². The Morgan fingerprint density at radius 2 is 1.68 bits per heavy atom. The number of carbonyl (C=O) groups is 2. The number of aliphatic carboxylic acids is 1. The van der Waals surface area contributed by atoms with E-state index in [2.05, 4.69) is 0 Å². The summed E-state index contributed by atoms with van der Waals surface area (Å²) in [7, 11) is 0. The molecule has 0 saturated carbocycles. The lowest BCUT2D eigenvalue weighted by molar-refractivity contribution is -0.158. The van der Waals surface area contributed by atoms with Crippen LogP contribution in [0.15, 0.2) is 35.8 Å². The van der Waals surface area contributed by atoms with Crippen LogP contribution in [0.5, 0.6) is 0 Å². The predicted octanol–water partition coefficient (Wildman–Crippen LogP) is 2.67. The molecule has 0 atom stereocenters. The fourth-order valence-electron chi connectivity index (χ4n) is 2.26. The highest BCUT2D eigenvalue weighted by Crippen LogP contribution is 2.24. The maximum Gasteiger partial charge on any atom is 0.331 e. The minimum atomic E-state index is -1.20. The lowest BCUT2D eigenvalue weighted by Gasteiger charge is -2.21. The van der Waals surface area contributed by atoms with Crippen LogP contribution in [0.2, 0.25) is 0 Å². The van der Waals surface area contributed by atoms with Crippen molar-refractivity contribution >= 4 is 11.9 Å². The summed E-state index contributed by atoms with van der Waals surface area (Å²) in [6.07, 6.45) is 10.7. The van der Waals surface area contributed by atoms with Crippen LogP contribution in [0.1, 0.15) is 38.5 Å². The SMILES string of the molecule is O=C(O)/C=C/C(=O)OCC(OC1=CCCC1)OC1=CCCC1. The van der Waals surface area contributed by atoms with Crippen LogP contribution in [-0.2, 0) is 23.8 Å². The maximum absolute atomic E-state index is 11.4. The molecule has 2 aliphatic rings. The fourth-order valence-corrected chi connectivity index (χ4v) is 2.26. The van der Waals surface area contributed by atoms with E-state index in [-0.39, 0.29) is 6.61 Å². The molecular formula is C16H20O6. The molecule has 0 aliphatic heterocycles. The molecule has 0 amide bonds. The zero-order valence-corrected chi connectivity index (χ0v) is 12.3. The number of carboxylic acid groups (broad SMARTS) is 1. The van der Waals surface area contributed by atoms with Gasteiger partial charge < -0.3 is 19.3 Å². The average molecular weight is 308 g/mol. The molecule has 0 spiro atoms. The van der Waals surface area contributed by atoms with Crippen LogP contribution in [0.3, 0.4) is 0 Å². The fraction of sp³-hybridized carbons (Fsp3) is 0.500. The molecule has 2 aliphatic carbocycles. The van der Waals surface area contributed by atoms with Gasteiger partial charge in [-0.1, -0.05) is 0 Å². The molecule has 0 unspecified atom stereocenters. The summed E-state index contributed by atoms with van der Waals surface area (Å²) in [6, 6.07) is 0. The van der Waals surface area contributed by atoms with Crippen molar-refractivity contribution in [2.75, 3.05) is 6.61 Å². The molecule has 0 aromatic rings. The number of allylic oxidation sites excluding steroid dienone is 4. The summed E-state index contributed by atoms with van der Waals surface area (Å²) in [5.74, 6) is -0.241. The number of hydrogen-bond acceptors (Lipinski definition) is 5. The van der Waals surface area contributed by atoms with Gasteiger partial charge in [-0.15, -0.1) is 0 Å². The van der Waals surface area contributed by atoms with Gasteiger partial charge in [-0.2, -0.15) is 0 Å². The number of carboxylic acids is 1. The largest absolute Gasteiger partial charge is 0.478 e. The molecule has 0 bridgehead atoms. The summed E-state index contributed by atoms with van der Waals surface area (Å²) in [5, 5.41) is 8.46. The molecule has 2 rings (SSSR count). The Hall–Kier alpha value is -2.24. The Labute approximate surface area is 129 Å². The summed E-state index contributed by atoms with van der Waals surface area (Å²) in [5.41, 5.74) is 0. The smallest absolute Gasteiger partial charge is 0.331 e. The number of carbonyl (C=O) groups excluding carboxylic acids is 1. The molecule has 6 heteroatoms. The monoisotopic (exact) mass is 308 g/mol. The van der Waals surface area contributed by atoms with E-state index in [0.29, 0.717) is 0 Å². The number of rotatable bonds is 8. The summed E-state index contributed by atoms with van der Waals surface area (Å²) >= 11 is 0. The van der Waals surface area contributed by atoms with E-state index in [9.17, 15) is 9.59 Å². The number of esters is 1. The molecule has 0 aromatic carbocycles. The lowest BCUT2D eigenvalue weighted by atomic mass is 10.3. The van der Waals surface area contributed by atoms with Gasteiger partial charge in [0.1, 0.15) is 0 Å². The Kier molecular flexibility index (Phi) is 6.06. The van der Waals surface area contributed by atoms with E-state index >= 15 is 0 Å². The van der Waals surface area contributed by atoms with Crippen LogP contribution in [-0.4, -0.2) is 29.9 Å². The third-order valence-electron chi connectivity index (χ3n) is 3.29. The standard InChI is InChI=1S/C16H20O6/c17-14(18)9-10-15(19)20-11-16(21-12-5-1-2-6-12)22-13-7-3-4-8-13/h5,7,9-10,16H,1-4,6,8,11H2,(H,17,18)/b10-9+. The number of hydrogen-bond donors (Lipinski definition) is 1. The molecule has 1 N–H and O–H groups in total. The summed E-state index contributed by atoms with van der Waals surface area (Å²) in [4.78, 5) is 21.8. The van der Waals surface area contributed by atoms with Crippen LogP contribution < -0.4 is 0 Å². The average Bonchev–Trinajstić information content (AvgIpc) is 3.16. The zero-order chi connectivity index (χ0) is 15.8. The Morgan fingerprint density at radius 3 is 2.14 bits per heavy atom. The van der Waals surface area contributed by atoms with Gasteiger partial charge in [0.15, 0.2) is 6.61 Å². The van der Waals surface area contributed by atoms with Gasteiger partial charge in [0, 0.05) is 25.0 Å². The molecule has 22 heavy (non-hydrogen) atoms. The molecular weight excluding hydrogens is 288 g/mol. The van der Waals surface area contributed by atoms with Crippen molar-refractivity contribution in [1.82, 2.24) is 0 Å². The first-order valence-electron chi connectivity index (χ1n) is 7.42. The highest BCUT2D eigenvalue weighted by Gasteiger charge is 2.20. The third-order valence-corrected chi connectivity index (χ3v) is 3.29. The minimum absolute atomic E-state index is 0.0858. The van der Waals surface area contributed by atoms with Crippen LogP contribution in [0.4, 0.5) is 0 Å². The van der Waals surface area contributed by atoms with Crippen LogP contribution in [0.25, 0.3) is 0 Å². The Morgan fingerprint density at radius 1 is 1.09 bits per heavy atom. The van der Waals surface area contributed by atoms with Gasteiger partial charge >= 0.3 is 11.9 Å². The molecule has 0 aromatic heterocycles. The molecule has 0 fully saturated rings. The topological polar surface area (TPSA) is 82.1 Å². The second kappa shape index (κ2) is 8.26. The first kappa shape index (κ1) is 16.1. The van der Waals surface area contributed by atoms with E-state index in [1.807, 2.05) is 12.2 Å². The second-order valence-corrected chi connectivity index (χ2v) is 5.09. The van der Waals surface area contributed by atoms with Crippen molar-refractivity contribution in [2.45, 2.75) is 44.8 Å². The van der Waals surface area contributed by atoms with E-state index in [1.165, 1.54) is 0 Å². The van der Waals surface area contributed by atoms with Crippen molar-refractivity contribution < 1.29 is 28.9 Å². The molecule has 120 valence electrons. The lowest BCUT2D eigenvalue weighted by Crippen LogP contribution is -2.24. The zero-order valence-electron chi connectivity index (χ0n) is 12.3. The number of ether oxygens (including phenoxy) is 3. The van der Waals surface area contributed by atoms with E-state index in [4.69, 9.17) is 19.3 Å². The molecule has 0 radical (unpaired) electrons. The third kappa shape index (κ3) is 5.63. The molecule has 6 nitrogen and oxygen atoms in total. The summed E-state index contributed by atoms with van der Waals surface area (Å²) < 4.78 is 16.4. The highest BCUT2D eigenvalue weighted by molar-refractivity contribution is 5.90. The van der Waals surface area contributed by atoms with Gasteiger partial charge in [0.05, 0.1) is 11.5 Å². The van der Waals surface area contributed by atoms with E-state index in [1.54, 1.807) is 0 Å². The van der Waals surface area contributed by atoms with Gasteiger partial charge in [-0.05, 0) is 37.8 Å². The predicted molar refractivity (Wildman–Crippen MR) is 77.6 cm³/mol. The molecule has 0 saturated heterocycles. The quantitative estimate of drug-likeness (QED) is 0.422. The first-order chi connectivity index (χ1) is 10.6. The van der Waals surface area contributed by atoms with Crippen LogP contribution >= 0.6 is 0 Å². The normalized spacial score (nSPS) is 17.5. The van der Waals surface area contributed by atoms with Crippen molar-refractivity contribution in [2.24, 2.45) is 0 Å². The van der Waals surface area contributed by atoms with Gasteiger partial charge in [0.2, 0.25) is 0 Å². The van der Waals surface area contributed by atoms with Gasteiger partial charge in [-0.3, -0.25) is 0 Å². The second-order valence-electron chi connectivity index (χ2n) is 5.09. The van der Waals surface area contributed by atoms with E-state index < -0.39 is 18.2 Å². The van der Waals surface area contributed by atoms with Crippen molar-refractivity contribution in [3.05, 3.63) is 35.8 Å². The first-order valence-corrected chi connectivity index (χ1v) is 7.42.